The Hall–Kier alpha value is -2.82. The summed E-state index contributed by atoms with van der Waals surface area (Å²) in [5.74, 6) is 0.266. The molecule has 1 N–H and O–H groups in total. The van der Waals surface area contributed by atoms with Crippen molar-refractivity contribution in [1.82, 2.24) is 5.32 Å². The predicted molar refractivity (Wildman–Crippen MR) is 96.9 cm³/mol. The Morgan fingerprint density at radius 3 is 2.64 bits per heavy atom. The third-order valence-corrected chi connectivity index (χ3v) is 4.54. The standard InChI is InChI=1S/C20H22N2O3/c1-13-8-9-15(10-14(13)2)11-19(23)22-12-18(20(24)21-3)25-17-7-5-4-6-16(17)22/h4-10,18H,11-12H2,1-3H3,(H,21,24)/t18-/m0/s1. The molecule has 2 amide bonds. The van der Waals surface area contributed by atoms with Gasteiger partial charge in [0.05, 0.1) is 18.7 Å². The minimum absolute atomic E-state index is 0.0482. The van der Waals surface area contributed by atoms with Gasteiger partial charge in [0.25, 0.3) is 5.91 Å². The number of hydrogen-bond acceptors (Lipinski definition) is 3. The molecule has 0 aliphatic carbocycles. The van der Waals surface area contributed by atoms with Gasteiger partial charge in [-0.15, -0.1) is 0 Å². The van der Waals surface area contributed by atoms with E-state index < -0.39 is 6.10 Å². The highest BCUT2D eigenvalue weighted by molar-refractivity contribution is 5.98. The van der Waals surface area contributed by atoms with Crippen LogP contribution in [-0.4, -0.2) is 31.5 Å². The number of carbonyl (C=O) groups is 2. The molecule has 1 heterocycles. The fraction of sp³-hybridized carbons (Fsp3) is 0.300. The Kier molecular flexibility index (Phi) is 4.74. The number of anilines is 1. The zero-order chi connectivity index (χ0) is 18.0. The van der Waals surface area contributed by atoms with Crippen molar-refractivity contribution in [3.8, 4) is 5.75 Å². The van der Waals surface area contributed by atoms with Gasteiger partial charge in [-0.1, -0.05) is 30.3 Å². The molecule has 25 heavy (non-hydrogen) atoms. The van der Waals surface area contributed by atoms with Crippen LogP contribution in [0.15, 0.2) is 42.5 Å². The van der Waals surface area contributed by atoms with Crippen molar-refractivity contribution >= 4 is 17.5 Å². The fourth-order valence-electron chi connectivity index (χ4n) is 2.95. The summed E-state index contributed by atoms with van der Waals surface area (Å²) >= 11 is 0. The van der Waals surface area contributed by atoms with Gasteiger partial charge in [0, 0.05) is 7.05 Å². The Labute approximate surface area is 147 Å². The predicted octanol–water partition coefficient (Wildman–Crippen LogP) is 2.39. The van der Waals surface area contributed by atoms with Crippen molar-refractivity contribution < 1.29 is 14.3 Å². The zero-order valence-corrected chi connectivity index (χ0v) is 14.7. The van der Waals surface area contributed by atoms with Gasteiger partial charge in [-0.3, -0.25) is 9.59 Å². The van der Waals surface area contributed by atoms with Crippen molar-refractivity contribution in [2.24, 2.45) is 0 Å². The first kappa shape index (κ1) is 17.0. The van der Waals surface area contributed by atoms with Gasteiger partial charge in [0.1, 0.15) is 5.75 Å². The summed E-state index contributed by atoms with van der Waals surface area (Å²) in [4.78, 5) is 26.6. The molecule has 0 spiro atoms. The van der Waals surface area contributed by atoms with Crippen LogP contribution in [0.5, 0.6) is 5.75 Å². The minimum atomic E-state index is -0.705. The number of hydrogen-bond donors (Lipinski definition) is 1. The SMILES string of the molecule is CNC(=O)[C@@H]1CN(C(=O)Cc2ccc(C)c(C)c2)c2ccccc2O1. The first-order chi connectivity index (χ1) is 12.0. The summed E-state index contributed by atoms with van der Waals surface area (Å²) in [6.45, 7) is 4.29. The Morgan fingerprint density at radius 2 is 1.92 bits per heavy atom. The second-order valence-electron chi connectivity index (χ2n) is 6.29. The van der Waals surface area contributed by atoms with Crippen molar-refractivity contribution in [3.05, 3.63) is 59.2 Å². The number of nitrogens with one attached hydrogen (secondary N) is 1. The van der Waals surface area contributed by atoms with Crippen molar-refractivity contribution in [2.45, 2.75) is 26.4 Å². The summed E-state index contributed by atoms with van der Waals surface area (Å²) in [6.07, 6.45) is -0.417. The molecule has 2 aromatic rings. The van der Waals surface area contributed by atoms with E-state index in [4.69, 9.17) is 4.74 Å². The third-order valence-electron chi connectivity index (χ3n) is 4.54. The number of benzene rings is 2. The lowest BCUT2D eigenvalue weighted by Crippen LogP contribution is -2.50. The van der Waals surface area contributed by atoms with Crippen LogP contribution < -0.4 is 15.0 Å². The number of nitrogens with zero attached hydrogens (tertiary/aromatic N) is 1. The van der Waals surface area contributed by atoms with Gasteiger partial charge >= 0.3 is 0 Å². The molecule has 0 fully saturated rings. The summed E-state index contributed by atoms with van der Waals surface area (Å²) in [6, 6.07) is 13.3. The van der Waals surface area contributed by atoms with Crippen LogP contribution >= 0.6 is 0 Å². The smallest absolute Gasteiger partial charge is 0.262 e. The average Bonchev–Trinajstić information content (AvgIpc) is 2.63. The van der Waals surface area contributed by atoms with Crippen LogP contribution in [0, 0.1) is 13.8 Å². The monoisotopic (exact) mass is 338 g/mol. The second kappa shape index (κ2) is 6.97. The lowest BCUT2D eigenvalue weighted by Gasteiger charge is -2.34. The molecular formula is C20H22N2O3. The maximum atomic E-state index is 12.9. The van der Waals surface area contributed by atoms with E-state index in [0.29, 0.717) is 11.4 Å². The highest BCUT2D eigenvalue weighted by Crippen LogP contribution is 2.33. The molecule has 0 saturated heterocycles. The van der Waals surface area contributed by atoms with E-state index in [9.17, 15) is 9.59 Å². The van der Waals surface area contributed by atoms with E-state index in [1.165, 1.54) is 5.56 Å². The van der Waals surface area contributed by atoms with Crippen LogP contribution in [0.2, 0.25) is 0 Å². The zero-order valence-electron chi connectivity index (χ0n) is 14.7. The van der Waals surface area contributed by atoms with Gasteiger partial charge in [0.15, 0.2) is 6.10 Å². The molecule has 1 aliphatic rings. The molecule has 0 unspecified atom stereocenters. The van der Waals surface area contributed by atoms with Gasteiger partial charge in [-0.2, -0.15) is 0 Å². The molecule has 5 heteroatoms. The van der Waals surface area contributed by atoms with Crippen LogP contribution in [-0.2, 0) is 16.0 Å². The highest BCUT2D eigenvalue weighted by Gasteiger charge is 2.33. The van der Waals surface area contributed by atoms with Gasteiger partial charge in [0.2, 0.25) is 5.91 Å². The maximum Gasteiger partial charge on any atom is 0.262 e. The molecule has 5 nitrogen and oxygen atoms in total. The van der Waals surface area contributed by atoms with Crippen LogP contribution in [0.3, 0.4) is 0 Å². The molecule has 2 aromatic carbocycles. The number of likely N-dealkylation sites (N-methyl/N-ethyl adjacent to an activating group) is 1. The molecule has 1 aliphatic heterocycles. The number of amides is 2. The van der Waals surface area contributed by atoms with E-state index in [0.717, 1.165) is 11.1 Å². The number of fused-ring (bicyclic) bond motifs is 1. The second-order valence-corrected chi connectivity index (χ2v) is 6.29. The molecule has 0 aromatic heterocycles. The number of para-hydroxylation sites is 2. The average molecular weight is 338 g/mol. The quantitative estimate of drug-likeness (QED) is 0.935. The molecule has 3 rings (SSSR count). The molecule has 0 bridgehead atoms. The Bertz CT molecular complexity index is 816. The molecular weight excluding hydrogens is 316 g/mol. The summed E-state index contributed by atoms with van der Waals surface area (Å²) < 4.78 is 5.74. The molecule has 0 saturated carbocycles. The van der Waals surface area contributed by atoms with Crippen LogP contribution in [0.4, 0.5) is 5.69 Å². The van der Waals surface area contributed by atoms with Gasteiger partial charge in [-0.05, 0) is 42.7 Å². The van der Waals surface area contributed by atoms with Crippen molar-refractivity contribution in [1.29, 1.82) is 0 Å². The summed E-state index contributed by atoms with van der Waals surface area (Å²) in [5.41, 5.74) is 4.04. The Morgan fingerprint density at radius 1 is 1.16 bits per heavy atom. The largest absolute Gasteiger partial charge is 0.477 e. The van der Waals surface area contributed by atoms with Crippen molar-refractivity contribution in [3.63, 3.8) is 0 Å². The highest BCUT2D eigenvalue weighted by atomic mass is 16.5. The Balaban J connectivity index is 1.87. The van der Waals surface area contributed by atoms with Crippen LogP contribution in [0.25, 0.3) is 0 Å². The van der Waals surface area contributed by atoms with Crippen molar-refractivity contribution in [2.75, 3.05) is 18.5 Å². The summed E-state index contributed by atoms with van der Waals surface area (Å²) in [7, 11) is 1.56. The van der Waals surface area contributed by atoms with E-state index in [2.05, 4.69) is 5.32 Å². The summed E-state index contributed by atoms with van der Waals surface area (Å²) in [5, 5.41) is 2.59. The topological polar surface area (TPSA) is 58.6 Å². The van der Waals surface area contributed by atoms with Gasteiger partial charge in [-0.25, -0.2) is 0 Å². The van der Waals surface area contributed by atoms with E-state index in [-0.39, 0.29) is 24.8 Å². The molecule has 130 valence electrons. The lowest BCUT2D eigenvalue weighted by atomic mass is 10.0. The maximum absolute atomic E-state index is 12.9. The number of ether oxygens (including phenoxy) is 1. The van der Waals surface area contributed by atoms with Gasteiger partial charge < -0.3 is 15.0 Å². The van der Waals surface area contributed by atoms with E-state index >= 15 is 0 Å². The third kappa shape index (κ3) is 3.50. The number of aryl methyl sites for hydroxylation is 2. The fourth-order valence-corrected chi connectivity index (χ4v) is 2.95. The first-order valence-electron chi connectivity index (χ1n) is 8.33. The van der Waals surface area contributed by atoms with E-state index in [1.54, 1.807) is 18.0 Å². The lowest BCUT2D eigenvalue weighted by molar-refractivity contribution is -0.127. The molecule has 1 atom stereocenters. The van der Waals surface area contributed by atoms with Crippen LogP contribution in [0.1, 0.15) is 16.7 Å². The number of carbonyl (C=O) groups excluding carboxylic acids is 2. The normalized spacial score (nSPS) is 16.0. The minimum Gasteiger partial charge on any atom is -0.477 e. The number of rotatable bonds is 3. The van der Waals surface area contributed by atoms with E-state index in [1.807, 2.05) is 50.2 Å². The first-order valence-corrected chi connectivity index (χ1v) is 8.33. The molecule has 0 radical (unpaired) electrons.